The summed E-state index contributed by atoms with van der Waals surface area (Å²) >= 11 is 0. The molecule has 0 aromatic carbocycles. The Kier molecular flexibility index (Phi) is 4.53. The molecule has 8 nitrogen and oxygen atoms in total. The fraction of sp³-hybridized carbons (Fsp3) is 0.316. The Morgan fingerprint density at radius 1 is 1.33 bits per heavy atom. The Balaban J connectivity index is 1.24. The number of rotatable bonds is 6. The number of aryl methyl sites for hydroxylation is 1. The van der Waals surface area contributed by atoms with Gasteiger partial charge >= 0.3 is 0 Å². The van der Waals surface area contributed by atoms with Gasteiger partial charge < -0.3 is 19.1 Å². The van der Waals surface area contributed by atoms with Crippen LogP contribution in [0.3, 0.4) is 0 Å². The third-order valence-corrected chi connectivity index (χ3v) is 4.58. The molecular formula is C19H20N4O4. The minimum Gasteiger partial charge on any atom is -0.472 e. The lowest BCUT2D eigenvalue weighted by atomic mass is 9.99. The highest BCUT2D eigenvalue weighted by atomic mass is 16.3. The first-order valence-electron chi connectivity index (χ1n) is 8.78. The van der Waals surface area contributed by atoms with E-state index in [0.717, 1.165) is 11.3 Å². The Morgan fingerprint density at radius 2 is 2.19 bits per heavy atom. The van der Waals surface area contributed by atoms with Crippen molar-refractivity contribution < 1.29 is 18.4 Å². The van der Waals surface area contributed by atoms with Crippen molar-refractivity contribution in [1.82, 2.24) is 20.4 Å². The smallest absolute Gasteiger partial charge is 0.274 e. The lowest BCUT2D eigenvalue weighted by Crippen LogP contribution is -2.54. The van der Waals surface area contributed by atoms with Gasteiger partial charge in [0, 0.05) is 31.6 Å². The van der Waals surface area contributed by atoms with E-state index < -0.39 is 0 Å². The molecule has 0 saturated carbocycles. The molecule has 1 aliphatic rings. The van der Waals surface area contributed by atoms with Crippen molar-refractivity contribution in [3.63, 3.8) is 0 Å². The van der Waals surface area contributed by atoms with Crippen LogP contribution in [-0.4, -0.2) is 46.5 Å². The standard InChI is InChI=1S/C19H20N4O4/c1-12-2-3-17(27-12)15-7-16(22-21-15)19(25)23-9-14(10-23)8-20-18(24)6-13-4-5-26-11-13/h2-5,7,11,14H,6,8-10H2,1H3,(H,20,24)(H,21,22). The van der Waals surface area contributed by atoms with Crippen LogP contribution >= 0.6 is 0 Å². The number of nitrogens with zero attached hydrogens (tertiary/aromatic N) is 2. The Labute approximate surface area is 155 Å². The molecule has 0 spiro atoms. The third kappa shape index (κ3) is 3.79. The molecular weight excluding hydrogens is 348 g/mol. The molecule has 4 rings (SSSR count). The fourth-order valence-corrected chi connectivity index (χ4v) is 3.06. The van der Waals surface area contributed by atoms with Crippen molar-refractivity contribution in [1.29, 1.82) is 0 Å². The first-order valence-corrected chi connectivity index (χ1v) is 8.78. The first kappa shape index (κ1) is 17.1. The fourth-order valence-electron chi connectivity index (χ4n) is 3.06. The molecule has 1 fully saturated rings. The van der Waals surface area contributed by atoms with E-state index in [9.17, 15) is 9.59 Å². The van der Waals surface area contributed by atoms with Crippen LogP contribution in [0.2, 0.25) is 0 Å². The molecule has 140 valence electrons. The van der Waals surface area contributed by atoms with Crippen molar-refractivity contribution in [3.8, 4) is 11.5 Å². The van der Waals surface area contributed by atoms with Gasteiger partial charge in [-0.1, -0.05) is 0 Å². The Hall–Kier alpha value is -3.29. The number of nitrogens with one attached hydrogen (secondary N) is 2. The first-order chi connectivity index (χ1) is 13.1. The van der Waals surface area contributed by atoms with E-state index in [-0.39, 0.29) is 17.7 Å². The van der Waals surface area contributed by atoms with Crippen molar-refractivity contribution >= 4 is 11.8 Å². The van der Waals surface area contributed by atoms with E-state index in [2.05, 4.69) is 15.5 Å². The van der Waals surface area contributed by atoms with Crippen molar-refractivity contribution in [3.05, 3.63) is 53.8 Å². The van der Waals surface area contributed by atoms with Gasteiger partial charge in [0.15, 0.2) is 11.5 Å². The number of carbonyl (C=O) groups excluding carboxylic acids is 2. The number of aromatic nitrogens is 2. The molecule has 1 aliphatic heterocycles. The molecule has 0 radical (unpaired) electrons. The highest BCUT2D eigenvalue weighted by Crippen LogP contribution is 2.23. The normalized spacial score (nSPS) is 14.2. The molecule has 0 unspecified atom stereocenters. The van der Waals surface area contributed by atoms with Gasteiger partial charge in [0.1, 0.15) is 11.5 Å². The summed E-state index contributed by atoms with van der Waals surface area (Å²) in [4.78, 5) is 26.1. The second-order valence-electron chi connectivity index (χ2n) is 6.77. The number of hydrogen-bond donors (Lipinski definition) is 2. The topological polar surface area (TPSA) is 104 Å². The van der Waals surface area contributed by atoms with Crippen LogP contribution in [0.15, 0.2) is 45.6 Å². The molecule has 2 N–H and O–H groups in total. The van der Waals surface area contributed by atoms with E-state index in [1.807, 2.05) is 19.1 Å². The third-order valence-electron chi connectivity index (χ3n) is 4.58. The zero-order chi connectivity index (χ0) is 18.8. The minimum atomic E-state index is -0.123. The predicted octanol–water partition coefficient (Wildman–Crippen LogP) is 2.00. The monoisotopic (exact) mass is 368 g/mol. The maximum absolute atomic E-state index is 12.5. The van der Waals surface area contributed by atoms with Gasteiger partial charge in [-0.15, -0.1) is 0 Å². The molecule has 0 atom stereocenters. The molecule has 27 heavy (non-hydrogen) atoms. The van der Waals surface area contributed by atoms with Crippen LogP contribution in [0.4, 0.5) is 0 Å². The average Bonchev–Trinajstić information content (AvgIpc) is 3.34. The number of furan rings is 2. The van der Waals surface area contributed by atoms with E-state index in [4.69, 9.17) is 8.83 Å². The second kappa shape index (κ2) is 7.14. The van der Waals surface area contributed by atoms with Crippen LogP contribution in [-0.2, 0) is 11.2 Å². The molecule has 8 heteroatoms. The van der Waals surface area contributed by atoms with Gasteiger partial charge in [0.2, 0.25) is 5.91 Å². The number of amides is 2. The van der Waals surface area contributed by atoms with Crippen molar-refractivity contribution in [2.75, 3.05) is 19.6 Å². The van der Waals surface area contributed by atoms with Crippen molar-refractivity contribution in [2.24, 2.45) is 5.92 Å². The molecule has 3 aromatic heterocycles. The van der Waals surface area contributed by atoms with Crippen LogP contribution in [0, 0.1) is 12.8 Å². The van der Waals surface area contributed by atoms with Gasteiger partial charge in [0.25, 0.3) is 5.91 Å². The lowest BCUT2D eigenvalue weighted by Gasteiger charge is -2.38. The minimum absolute atomic E-state index is 0.0492. The molecule has 0 bridgehead atoms. The van der Waals surface area contributed by atoms with Gasteiger partial charge in [-0.2, -0.15) is 5.10 Å². The average molecular weight is 368 g/mol. The summed E-state index contributed by atoms with van der Waals surface area (Å²) in [5.41, 5.74) is 1.88. The summed E-state index contributed by atoms with van der Waals surface area (Å²) < 4.78 is 10.5. The zero-order valence-electron chi connectivity index (χ0n) is 14.9. The SMILES string of the molecule is Cc1ccc(-c2cc(C(=O)N3CC(CNC(=O)Cc4ccoc4)C3)n[nH]2)o1. The second-order valence-corrected chi connectivity index (χ2v) is 6.77. The van der Waals surface area contributed by atoms with Crippen LogP contribution in [0.25, 0.3) is 11.5 Å². The van der Waals surface area contributed by atoms with Gasteiger partial charge in [0.05, 0.1) is 18.9 Å². The summed E-state index contributed by atoms with van der Waals surface area (Å²) in [6.07, 6.45) is 3.41. The van der Waals surface area contributed by atoms with Crippen molar-refractivity contribution in [2.45, 2.75) is 13.3 Å². The van der Waals surface area contributed by atoms with Gasteiger partial charge in [-0.3, -0.25) is 14.7 Å². The maximum Gasteiger partial charge on any atom is 0.274 e. The molecule has 1 saturated heterocycles. The van der Waals surface area contributed by atoms with Crippen LogP contribution < -0.4 is 5.32 Å². The van der Waals surface area contributed by atoms with Gasteiger partial charge in [-0.05, 0) is 30.7 Å². The summed E-state index contributed by atoms with van der Waals surface area (Å²) in [5.74, 6) is 1.54. The highest BCUT2D eigenvalue weighted by Gasteiger charge is 2.32. The number of H-pyrrole nitrogens is 1. The van der Waals surface area contributed by atoms with E-state index in [1.54, 1.807) is 29.6 Å². The zero-order valence-corrected chi connectivity index (χ0v) is 14.9. The summed E-state index contributed by atoms with van der Waals surface area (Å²) in [6.45, 7) is 3.62. The van der Waals surface area contributed by atoms with Crippen LogP contribution in [0.1, 0.15) is 21.8 Å². The number of aromatic amines is 1. The largest absolute Gasteiger partial charge is 0.472 e. The lowest BCUT2D eigenvalue weighted by molar-refractivity contribution is -0.120. The number of carbonyl (C=O) groups is 2. The number of likely N-dealkylation sites (tertiary alicyclic amines) is 1. The maximum atomic E-state index is 12.5. The Bertz CT molecular complexity index is 935. The summed E-state index contributed by atoms with van der Waals surface area (Å²) in [6, 6.07) is 7.16. The summed E-state index contributed by atoms with van der Waals surface area (Å²) in [5, 5.41) is 9.82. The van der Waals surface area contributed by atoms with E-state index >= 15 is 0 Å². The Morgan fingerprint density at radius 3 is 2.89 bits per heavy atom. The molecule has 0 aliphatic carbocycles. The van der Waals surface area contributed by atoms with Gasteiger partial charge in [-0.25, -0.2) is 0 Å². The molecule has 2 amide bonds. The highest BCUT2D eigenvalue weighted by molar-refractivity contribution is 5.93. The predicted molar refractivity (Wildman–Crippen MR) is 95.8 cm³/mol. The summed E-state index contributed by atoms with van der Waals surface area (Å²) in [7, 11) is 0. The van der Waals surface area contributed by atoms with E-state index in [1.165, 1.54) is 0 Å². The molecule has 4 heterocycles. The quantitative estimate of drug-likeness (QED) is 0.692. The van der Waals surface area contributed by atoms with Crippen LogP contribution in [0.5, 0.6) is 0 Å². The van der Waals surface area contributed by atoms with E-state index in [0.29, 0.717) is 43.2 Å². The molecule has 3 aromatic rings. The number of hydrogen-bond acceptors (Lipinski definition) is 5.